The fourth-order valence-corrected chi connectivity index (χ4v) is 1.95. The normalized spacial score (nSPS) is 20.0. The van der Waals surface area contributed by atoms with Gasteiger partial charge in [0.1, 0.15) is 0 Å². The maximum atomic E-state index is 12.1. The Balaban J connectivity index is 2.40. The van der Waals surface area contributed by atoms with Gasteiger partial charge in [-0.05, 0) is 13.8 Å². The predicted octanol–water partition coefficient (Wildman–Crippen LogP) is -0.650. The van der Waals surface area contributed by atoms with Crippen LogP contribution in [-0.2, 0) is 14.3 Å². The van der Waals surface area contributed by atoms with Crippen molar-refractivity contribution in [2.75, 3.05) is 39.4 Å². The quantitative estimate of drug-likeness (QED) is 0.595. The Kier molecular flexibility index (Phi) is 6.67. The minimum atomic E-state index is -0.396. The standard InChI is InChI=1S/C12H23N3O3/c1-3-13-11(16)9-10-12(17)15(6-5-14-10)7-8-18-4-2/h10,14H,3-9H2,1-2H3,(H,13,16). The van der Waals surface area contributed by atoms with Gasteiger partial charge in [0.05, 0.1) is 19.1 Å². The molecule has 104 valence electrons. The number of ether oxygens (including phenoxy) is 1. The lowest BCUT2D eigenvalue weighted by Crippen LogP contribution is -2.56. The number of rotatable bonds is 7. The van der Waals surface area contributed by atoms with Crippen LogP contribution in [0.2, 0.25) is 0 Å². The van der Waals surface area contributed by atoms with Gasteiger partial charge in [-0.15, -0.1) is 0 Å². The second-order valence-electron chi connectivity index (χ2n) is 4.19. The van der Waals surface area contributed by atoms with E-state index in [1.807, 2.05) is 13.8 Å². The Morgan fingerprint density at radius 2 is 2.33 bits per heavy atom. The van der Waals surface area contributed by atoms with Crippen molar-refractivity contribution >= 4 is 11.8 Å². The summed E-state index contributed by atoms with van der Waals surface area (Å²) in [7, 11) is 0. The summed E-state index contributed by atoms with van der Waals surface area (Å²) in [4.78, 5) is 25.3. The first-order valence-corrected chi connectivity index (χ1v) is 6.55. The SMILES string of the molecule is CCNC(=O)CC1NCCN(CCOCC)C1=O. The second kappa shape index (κ2) is 8.05. The third-order valence-corrected chi connectivity index (χ3v) is 2.86. The lowest BCUT2D eigenvalue weighted by molar-refractivity contribution is -0.138. The zero-order valence-electron chi connectivity index (χ0n) is 11.2. The zero-order chi connectivity index (χ0) is 13.4. The highest BCUT2D eigenvalue weighted by molar-refractivity contribution is 5.88. The molecule has 1 saturated heterocycles. The molecule has 0 aromatic rings. The summed E-state index contributed by atoms with van der Waals surface area (Å²) in [6.07, 6.45) is 0.206. The van der Waals surface area contributed by atoms with E-state index in [1.54, 1.807) is 4.90 Å². The van der Waals surface area contributed by atoms with Crippen molar-refractivity contribution in [3.8, 4) is 0 Å². The first kappa shape index (κ1) is 14.9. The third-order valence-electron chi connectivity index (χ3n) is 2.86. The largest absolute Gasteiger partial charge is 0.380 e. The predicted molar refractivity (Wildman–Crippen MR) is 68.2 cm³/mol. The molecule has 1 fully saturated rings. The molecule has 0 radical (unpaired) electrons. The van der Waals surface area contributed by atoms with E-state index >= 15 is 0 Å². The van der Waals surface area contributed by atoms with Crippen molar-refractivity contribution in [2.24, 2.45) is 0 Å². The fourth-order valence-electron chi connectivity index (χ4n) is 1.95. The minimum absolute atomic E-state index is 0.00722. The molecule has 0 aromatic carbocycles. The summed E-state index contributed by atoms with van der Waals surface area (Å²) in [6.45, 7) is 7.59. The second-order valence-corrected chi connectivity index (χ2v) is 4.19. The van der Waals surface area contributed by atoms with E-state index in [1.165, 1.54) is 0 Å². The molecule has 1 rings (SSSR count). The van der Waals surface area contributed by atoms with E-state index in [2.05, 4.69) is 10.6 Å². The summed E-state index contributed by atoms with van der Waals surface area (Å²) in [5, 5.41) is 5.79. The van der Waals surface area contributed by atoms with Crippen LogP contribution in [0.3, 0.4) is 0 Å². The first-order chi connectivity index (χ1) is 8.69. The molecule has 6 nitrogen and oxygen atoms in total. The van der Waals surface area contributed by atoms with Crippen molar-refractivity contribution in [3.63, 3.8) is 0 Å². The smallest absolute Gasteiger partial charge is 0.240 e. The minimum Gasteiger partial charge on any atom is -0.380 e. The number of nitrogens with one attached hydrogen (secondary N) is 2. The number of carbonyl (C=O) groups is 2. The average Bonchev–Trinajstić information content (AvgIpc) is 2.34. The summed E-state index contributed by atoms with van der Waals surface area (Å²) >= 11 is 0. The van der Waals surface area contributed by atoms with Gasteiger partial charge in [0.15, 0.2) is 0 Å². The van der Waals surface area contributed by atoms with Gasteiger partial charge in [0.25, 0.3) is 0 Å². The zero-order valence-corrected chi connectivity index (χ0v) is 11.2. The van der Waals surface area contributed by atoms with Crippen LogP contribution >= 0.6 is 0 Å². The molecular formula is C12H23N3O3. The molecule has 1 aliphatic heterocycles. The maximum Gasteiger partial charge on any atom is 0.240 e. The van der Waals surface area contributed by atoms with E-state index in [0.717, 1.165) is 6.54 Å². The van der Waals surface area contributed by atoms with Crippen LogP contribution < -0.4 is 10.6 Å². The average molecular weight is 257 g/mol. The van der Waals surface area contributed by atoms with Crippen LogP contribution in [0.25, 0.3) is 0 Å². The lowest BCUT2D eigenvalue weighted by atomic mass is 10.1. The molecule has 6 heteroatoms. The van der Waals surface area contributed by atoms with Gasteiger partial charge < -0.3 is 20.3 Å². The van der Waals surface area contributed by atoms with Crippen LogP contribution in [0.4, 0.5) is 0 Å². The number of carbonyl (C=O) groups excluding carboxylic acids is 2. The molecule has 0 saturated carbocycles. The number of piperazine rings is 1. The molecule has 1 aliphatic rings. The van der Waals surface area contributed by atoms with Gasteiger partial charge in [-0.3, -0.25) is 9.59 Å². The molecule has 0 bridgehead atoms. The monoisotopic (exact) mass is 257 g/mol. The van der Waals surface area contributed by atoms with Gasteiger partial charge in [-0.25, -0.2) is 0 Å². The van der Waals surface area contributed by atoms with E-state index in [0.29, 0.717) is 32.8 Å². The summed E-state index contributed by atoms with van der Waals surface area (Å²) in [5.41, 5.74) is 0. The highest BCUT2D eigenvalue weighted by atomic mass is 16.5. The van der Waals surface area contributed by atoms with Crippen molar-refractivity contribution in [3.05, 3.63) is 0 Å². The summed E-state index contributed by atoms with van der Waals surface area (Å²) in [6, 6.07) is -0.396. The maximum absolute atomic E-state index is 12.1. The molecule has 2 N–H and O–H groups in total. The molecular weight excluding hydrogens is 234 g/mol. The molecule has 1 unspecified atom stereocenters. The lowest BCUT2D eigenvalue weighted by Gasteiger charge is -2.32. The molecule has 1 heterocycles. The van der Waals surface area contributed by atoms with E-state index in [9.17, 15) is 9.59 Å². The van der Waals surface area contributed by atoms with Crippen molar-refractivity contribution in [1.82, 2.24) is 15.5 Å². The van der Waals surface area contributed by atoms with Crippen LogP contribution in [0.1, 0.15) is 20.3 Å². The number of nitrogens with zero attached hydrogens (tertiary/aromatic N) is 1. The van der Waals surface area contributed by atoms with Crippen molar-refractivity contribution in [2.45, 2.75) is 26.3 Å². The summed E-state index contributed by atoms with van der Waals surface area (Å²) in [5.74, 6) is -0.0952. The molecule has 0 spiro atoms. The van der Waals surface area contributed by atoms with Gasteiger partial charge in [0.2, 0.25) is 11.8 Å². The van der Waals surface area contributed by atoms with Crippen molar-refractivity contribution in [1.29, 1.82) is 0 Å². The van der Waals surface area contributed by atoms with Crippen LogP contribution in [0.15, 0.2) is 0 Å². The molecule has 2 amide bonds. The Labute approximate surface area is 108 Å². The third kappa shape index (κ3) is 4.62. The van der Waals surface area contributed by atoms with Gasteiger partial charge >= 0.3 is 0 Å². The highest BCUT2D eigenvalue weighted by Gasteiger charge is 2.29. The number of amides is 2. The number of hydrogen-bond donors (Lipinski definition) is 2. The molecule has 1 atom stereocenters. The topological polar surface area (TPSA) is 70.7 Å². The first-order valence-electron chi connectivity index (χ1n) is 6.55. The summed E-state index contributed by atoms with van der Waals surface area (Å²) < 4.78 is 5.25. The highest BCUT2D eigenvalue weighted by Crippen LogP contribution is 2.05. The van der Waals surface area contributed by atoms with Crippen LogP contribution in [0, 0.1) is 0 Å². The van der Waals surface area contributed by atoms with E-state index in [4.69, 9.17) is 4.74 Å². The number of hydrogen-bond acceptors (Lipinski definition) is 4. The molecule has 0 aliphatic carbocycles. The van der Waals surface area contributed by atoms with Gasteiger partial charge in [-0.2, -0.15) is 0 Å². The Hall–Kier alpha value is -1.14. The van der Waals surface area contributed by atoms with Crippen molar-refractivity contribution < 1.29 is 14.3 Å². The van der Waals surface area contributed by atoms with Gasteiger partial charge in [0, 0.05) is 32.8 Å². The van der Waals surface area contributed by atoms with Gasteiger partial charge in [-0.1, -0.05) is 0 Å². The van der Waals surface area contributed by atoms with E-state index < -0.39 is 6.04 Å². The Bertz CT molecular complexity index is 284. The van der Waals surface area contributed by atoms with Crippen LogP contribution in [0.5, 0.6) is 0 Å². The molecule has 18 heavy (non-hydrogen) atoms. The van der Waals surface area contributed by atoms with Crippen LogP contribution in [-0.4, -0.2) is 62.1 Å². The van der Waals surface area contributed by atoms with E-state index in [-0.39, 0.29) is 18.2 Å². The fraction of sp³-hybridized carbons (Fsp3) is 0.833. The molecule has 0 aromatic heterocycles. The Morgan fingerprint density at radius 1 is 1.56 bits per heavy atom. The Morgan fingerprint density at radius 3 is 3.00 bits per heavy atom.